The lowest BCUT2D eigenvalue weighted by Gasteiger charge is -2.13. The molecule has 1 atom stereocenters. The number of hydrogen-bond acceptors (Lipinski definition) is 5. The number of aliphatic carboxylic acids is 2. The lowest BCUT2D eigenvalue weighted by molar-refractivity contribution is -0.144. The molecule has 0 saturated heterocycles. The number of aromatic nitrogens is 2. The largest absolute Gasteiger partial charge is 0.481 e. The van der Waals surface area contributed by atoms with E-state index in [0.717, 1.165) is 5.69 Å². The molecule has 98 valence electrons. The highest BCUT2D eigenvalue weighted by molar-refractivity contribution is 5.83. The zero-order chi connectivity index (χ0) is 13.7. The van der Waals surface area contributed by atoms with E-state index in [1.807, 2.05) is 6.92 Å². The minimum absolute atomic E-state index is 0.327. The van der Waals surface area contributed by atoms with Gasteiger partial charge in [0.2, 0.25) is 0 Å². The first-order chi connectivity index (χ1) is 8.42. The maximum atomic E-state index is 10.9. The van der Waals surface area contributed by atoms with Gasteiger partial charge in [-0.2, -0.15) is 0 Å². The van der Waals surface area contributed by atoms with E-state index in [4.69, 9.17) is 10.2 Å². The average Bonchev–Trinajstić information content (AvgIpc) is 2.26. The molecular weight excluding hydrogens is 238 g/mol. The highest BCUT2D eigenvalue weighted by atomic mass is 16.4. The second-order valence-electron chi connectivity index (χ2n) is 3.78. The molecule has 1 unspecified atom stereocenters. The molecule has 0 fully saturated rings. The zero-order valence-corrected chi connectivity index (χ0v) is 10.2. The van der Waals surface area contributed by atoms with Crippen LogP contribution in [0.1, 0.15) is 24.9 Å². The van der Waals surface area contributed by atoms with Gasteiger partial charge in [0.15, 0.2) is 0 Å². The fraction of sp³-hybridized carbons (Fsp3) is 0.455. The van der Waals surface area contributed by atoms with E-state index in [0.29, 0.717) is 18.1 Å². The quantitative estimate of drug-likeness (QED) is 0.683. The third kappa shape index (κ3) is 4.00. The molecule has 0 aromatic carbocycles. The minimum Gasteiger partial charge on any atom is -0.481 e. The molecule has 7 nitrogen and oxygen atoms in total. The number of hydrogen-bond donors (Lipinski definition) is 3. The first-order valence-corrected chi connectivity index (χ1v) is 5.48. The van der Waals surface area contributed by atoms with Crippen LogP contribution in [-0.2, 0) is 16.0 Å². The van der Waals surface area contributed by atoms with Crippen LogP contribution in [-0.4, -0.2) is 38.2 Å². The Morgan fingerprint density at radius 3 is 2.56 bits per heavy atom. The molecule has 18 heavy (non-hydrogen) atoms. The molecule has 7 heteroatoms. The van der Waals surface area contributed by atoms with Gasteiger partial charge in [0.25, 0.3) is 0 Å². The van der Waals surface area contributed by atoms with Gasteiger partial charge in [-0.3, -0.25) is 4.79 Å². The van der Waals surface area contributed by atoms with Crippen LogP contribution in [0.3, 0.4) is 0 Å². The van der Waals surface area contributed by atoms with Crippen molar-refractivity contribution < 1.29 is 19.8 Å². The van der Waals surface area contributed by atoms with E-state index in [9.17, 15) is 9.59 Å². The molecule has 1 rings (SSSR count). The van der Waals surface area contributed by atoms with Gasteiger partial charge in [-0.25, -0.2) is 14.8 Å². The van der Waals surface area contributed by atoms with Crippen molar-refractivity contribution in [3.8, 4) is 0 Å². The molecule has 1 aromatic heterocycles. The van der Waals surface area contributed by atoms with Gasteiger partial charge >= 0.3 is 11.9 Å². The van der Waals surface area contributed by atoms with E-state index in [1.165, 1.54) is 0 Å². The number of nitrogens with zero attached hydrogens (tertiary/aromatic N) is 2. The Bertz CT molecular complexity index is 462. The highest BCUT2D eigenvalue weighted by Crippen LogP contribution is 2.10. The first-order valence-electron chi connectivity index (χ1n) is 5.48. The molecule has 0 amide bonds. The molecule has 1 aromatic rings. The zero-order valence-electron chi connectivity index (χ0n) is 10.2. The van der Waals surface area contributed by atoms with Crippen LogP contribution in [0.4, 0.5) is 5.82 Å². The fourth-order valence-corrected chi connectivity index (χ4v) is 1.44. The van der Waals surface area contributed by atoms with Crippen molar-refractivity contribution in [3.63, 3.8) is 0 Å². The summed E-state index contributed by atoms with van der Waals surface area (Å²) in [6.07, 6.45) is 0.175. The molecule has 0 spiro atoms. The summed E-state index contributed by atoms with van der Waals surface area (Å²) in [5.74, 6) is -1.58. The van der Waals surface area contributed by atoms with Gasteiger partial charge in [0, 0.05) is 11.8 Å². The summed E-state index contributed by atoms with van der Waals surface area (Å²) in [6, 6.07) is 0.409. The fourth-order valence-electron chi connectivity index (χ4n) is 1.44. The number of carboxylic acid groups (broad SMARTS) is 2. The number of rotatable bonds is 6. The summed E-state index contributed by atoms with van der Waals surface area (Å²) >= 11 is 0. The maximum Gasteiger partial charge on any atom is 0.326 e. The predicted octanol–water partition coefficient (Wildman–Crippen LogP) is 0.687. The summed E-state index contributed by atoms with van der Waals surface area (Å²) < 4.78 is 0. The monoisotopic (exact) mass is 253 g/mol. The molecule has 0 saturated carbocycles. The van der Waals surface area contributed by atoms with Crippen molar-refractivity contribution in [1.82, 2.24) is 9.97 Å². The molecular formula is C11H15N3O4. The Morgan fingerprint density at radius 2 is 2.06 bits per heavy atom. The van der Waals surface area contributed by atoms with Crippen LogP contribution in [0.2, 0.25) is 0 Å². The van der Waals surface area contributed by atoms with Gasteiger partial charge in [-0.05, 0) is 13.3 Å². The highest BCUT2D eigenvalue weighted by Gasteiger charge is 2.21. The lowest BCUT2D eigenvalue weighted by Crippen LogP contribution is -2.32. The van der Waals surface area contributed by atoms with E-state index in [1.54, 1.807) is 13.0 Å². The Labute approximate surface area is 104 Å². The third-order valence-corrected chi connectivity index (χ3v) is 2.25. The summed E-state index contributed by atoms with van der Waals surface area (Å²) in [5, 5.41) is 20.1. The van der Waals surface area contributed by atoms with Gasteiger partial charge in [-0.15, -0.1) is 0 Å². The van der Waals surface area contributed by atoms with Crippen LogP contribution in [0.25, 0.3) is 0 Å². The van der Waals surface area contributed by atoms with E-state index in [2.05, 4.69) is 15.3 Å². The standard InChI is InChI=1S/C11H15N3O4/c1-3-7-4-9(13-6(2)12-7)14-8(11(17)18)5-10(15)16/h4,8H,3,5H2,1-2H3,(H,15,16)(H,17,18)(H,12,13,14). The van der Waals surface area contributed by atoms with Gasteiger partial charge in [-0.1, -0.05) is 6.92 Å². The molecule has 0 radical (unpaired) electrons. The molecule has 3 N–H and O–H groups in total. The van der Waals surface area contributed by atoms with Crippen molar-refractivity contribution in [2.45, 2.75) is 32.7 Å². The maximum absolute atomic E-state index is 10.9. The average molecular weight is 253 g/mol. The number of carbonyl (C=O) groups is 2. The molecule has 0 aliphatic rings. The van der Waals surface area contributed by atoms with Crippen LogP contribution < -0.4 is 5.32 Å². The van der Waals surface area contributed by atoms with Crippen molar-refractivity contribution in [2.24, 2.45) is 0 Å². The van der Waals surface area contributed by atoms with Crippen molar-refractivity contribution in [2.75, 3.05) is 5.32 Å². The predicted molar refractivity (Wildman–Crippen MR) is 63.4 cm³/mol. The van der Waals surface area contributed by atoms with Crippen molar-refractivity contribution in [3.05, 3.63) is 17.6 Å². The third-order valence-electron chi connectivity index (χ3n) is 2.25. The first kappa shape index (κ1) is 13.9. The number of anilines is 1. The van der Waals surface area contributed by atoms with Crippen LogP contribution in [0, 0.1) is 6.92 Å². The smallest absolute Gasteiger partial charge is 0.326 e. The summed E-state index contributed by atoms with van der Waals surface area (Å²) in [7, 11) is 0. The summed E-state index contributed by atoms with van der Waals surface area (Å²) in [6.45, 7) is 3.61. The lowest BCUT2D eigenvalue weighted by atomic mass is 10.2. The Kier molecular flexibility index (Phi) is 4.59. The Balaban J connectivity index is 2.89. The van der Waals surface area contributed by atoms with Crippen LogP contribution in [0.5, 0.6) is 0 Å². The Hall–Kier alpha value is -2.18. The second kappa shape index (κ2) is 5.95. The molecule has 1 heterocycles. The molecule has 0 bridgehead atoms. The Morgan fingerprint density at radius 1 is 1.39 bits per heavy atom. The summed E-state index contributed by atoms with van der Waals surface area (Å²) in [4.78, 5) is 29.7. The molecule has 0 aliphatic heterocycles. The van der Waals surface area contributed by atoms with Gasteiger partial charge < -0.3 is 15.5 Å². The number of carboxylic acids is 2. The topological polar surface area (TPSA) is 112 Å². The number of nitrogens with one attached hydrogen (secondary N) is 1. The second-order valence-corrected chi connectivity index (χ2v) is 3.78. The van der Waals surface area contributed by atoms with Crippen LogP contribution in [0.15, 0.2) is 6.07 Å². The van der Waals surface area contributed by atoms with Gasteiger partial charge in [0.05, 0.1) is 6.42 Å². The van der Waals surface area contributed by atoms with Gasteiger partial charge in [0.1, 0.15) is 17.7 Å². The van der Waals surface area contributed by atoms with E-state index >= 15 is 0 Å². The van der Waals surface area contributed by atoms with Crippen molar-refractivity contribution >= 4 is 17.8 Å². The minimum atomic E-state index is -1.23. The molecule has 0 aliphatic carbocycles. The van der Waals surface area contributed by atoms with E-state index in [-0.39, 0.29) is 0 Å². The van der Waals surface area contributed by atoms with E-state index < -0.39 is 24.4 Å². The number of aryl methyl sites for hydroxylation is 2. The summed E-state index contributed by atoms with van der Waals surface area (Å²) in [5.41, 5.74) is 0.768. The van der Waals surface area contributed by atoms with Crippen LogP contribution >= 0.6 is 0 Å². The SMILES string of the molecule is CCc1cc(NC(CC(=O)O)C(=O)O)nc(C)n1. The normalized spacial score (nSPS) is 11.9. The van der Waals surface area contributed by atoms with Crippen molar-refractivity contribution in [1.29, 1.82) is 0 Å².